The minimum Gasteiger partial charge on any atom is -0.379 e. The number of nitrogens with one attached hydrogen (secondary N) is 1. The summed E-state index contributed by atoms with van der Waals surface area (Å²) in [5.41, 5.74) is 7.13. The van der Waals surface area contributed by atoms with E-state index in [0.29, 0.717) is 12.1 Å². The van der Waals surface area contributed by atoms with Crippen molar-refractivity contribution < 1.29 is 0 Å². The molecule has 0 atom stereocenters. The van der Waals surface area contributed by atoms with E-state index in [1.807, 2.05) is 26.0 Å². The zero-order valence-electron chi connectivity index (χ0n) is 8.54. The van der Waals surface area contributed by atoms with E-state index in [4.69, 9.17) is 11.0 Å². The van der Waals surface area contributed by atoms with Crippen LogP contribution in [0.4, 0.5) is 5.69 Å². The minimum atomic E-state index is -0.117. The summed E-state index contributed by atoms with van der Waals surface area (Å²) in [7, 11) is 0. The molecule has 0 aromatic heterocycles. The number of benzene rings is 1. The summed E-state index contributed by atoms with van der Waals surface area (Å²) in [6.45, 7) is 4.63. The normalized spacial score (nSPS) is 10.7. The van der Waals surface area contributed by atoms with E-state index < -0.39 is 0 Å². The van der Waals surface area contributed by atoms with Crippen molar-refractivity contribution in [3.8, 4) is 6.07 Å². The second-order valence-corrected chi connectivity index (χ2v) is 3.90. The molecule has 1 aromatic carbocycles. The van der Waals surface area contributed by atoms with Gasteiger partial charge < -0.3 is 11.1 Å². The molecule has 3 nitrogen and oxygen atoms in total. The van der Waals surface area contributed by atoms with Crippen molar-refractivity contribution in [2.45, 2.75) is 19.4 Å². The Bertz CT molecular complexity index is 333. The number of nitriles is 1. The molecule has 0 aliphatic rings. The first-order valence-corrected chi connectivity index (χ1v) is 4.56. The first-order chi connectivity index (χ1) is 6.57. The summed E-state index contributed by atoms with van der Waals surface area (Å²) in [6, 6.07) is 9.42. The van der Waals surface area contributed by atoms with Crippen LogP contribution in [0.3, 0.4) is 0 Å². The van der Waals surface area contributed by atoms with Crippen molar-refractivity contribution >= 4 is 5.69 Å². The molecule has 74 valence electrons. The molecule has 14 heavy (non-hydrogen) atoms. The molecule has 0 radical (unpaired) electrons. The molecule has 0 unspecified atom stereocenters. The third-order valence-electron chi connectivity index (χ3n) is 2.01. The Balaban J connectivity index is 2.75. The fourth-order valence-corrected chi connectivity index (χ4v) is 1.07. The highest BCUT2D eigenvalue weighted by atomic mass is 15.0. The maximum atomic E-state index is 8.62. The van der Waals surface area contributed by atoms with Gasteiger partial charge in [-0.2, -0.15) is 5.26 Å². The van der Waals surface area contributed by atoms with Gasteiger partial charge in [0.2, 0.25) is 0 Å². The van der Waals surface area contributed by atoms with Gasteiger partial charge in [-0.3, -0.25) is 0 Å². The van der Waals surface area contributed by atoms with Gasteiger partial charge in [0.1, 0.15) is 0 Å². The number of anilines is 1. The molecule has 1 aromatic rings. The Kier molecular flexibility index (Phi) is 3.10. The van der Waals surface area contributed by atoms with Crippen LogP contribution < -0.4 is 11.1 Å². The van der Waals surface area contributed by atoms with Crippen molar-refractivity contribution in [2.75, 3.05) is 11.9 Å². The third kappa shape index (κ3) is 2.75. The summed E-state index contributed by atoms with van der Waals surface area (Å²) in [5, 5.41) is 11.9. The molecule has 0 amide bonds. The minimum absolute atomic E-state index is 0.117. The van der Waals surface area contributed by atoms with Gasteiger partial charge in [0.25, 0.3) is 0 Å². The maximum Gasteiger partial charge on any atom is 0.0991 e. The predicted octanol–water partition coefficient (Wildman–Crippen LogP) is 1.71. The molecule has 1 rings (SSSR count). The van der Waals surface area contributed by atoms with E-state index >= 15 is 0 Å². The van der Waals surface area contributed by atoms with E-state index in [1.165, 1.54) is 0 Å². The lowest BCUT2D eigenvalue weighted by atomic mass is 10.1. The molecule has 0 saturated carbocycles. The van der Waals surface area contributed by atoms with Crippen molar-refractivity contribution in [3.63, 3.8) is 0 Å². The Labute approximate surface area is 84.5 Å². The van der Waals surface area contributed by atoms with Crippen LogP contribution in [0.15, 0.2) is 24.3 Å². The van der Waals surface area contributed by atoms with Gasteiger partial charge in [0.05, 0.1) is 11.6 Å². The molecular formula is C11H15N3. The zero-order valence-corrected chi connectivity index (χ0v) is 8.54. The summed E-state index contributed by atoms with van der Waals surface area (Å²) in [5.74, 6) is 0. The highest BCUT2D eigenvalue weighted by molar-refractivity contribution is 5.48. The van der Waals surface area contributed by atoms with Gasteiger partial charge in [-0.05, 0) is 38.1 Å². The van der Waals surface area contributed by atoms with Gasteiger partial charge in [0.15, 0.2) is 0 Å². The Morgan fingerprint density at radius 2 is 1.93 bits per heavy atom. The molecule has 0 heterocycles. The van der Waals surface area contributed by atoms with Crippen LogP contribution in [0.5, 0.6) is 0 Å². The fourth-order valence-electron chi connectivity index (χ4n) is 1.07. The number of nitrogens with two attached hydrogens (primary N) is 1. The average Bonchev–Trinajstić information content (AvgIpc) is 2.19. The Hall–Kier alpha value is -1.53. The lowest BCUT2D eigenvalue weighted by Gasteiger charge is -2.25. The molecule has 0 saturated heterocycles. The zero-order chi connectivity index (χ0) is 10.6. The van der Waals surface area contributed by atoms with Crippen molar-refractivity contribution in [2.24, 2.45) is 5.73 Å². The summed E-state index contributed by atoms with van der Waals surface area (Å²) >= 11 is 0. The third-order valence-corrected chi connectivity index (χ3v) is 2.01. The van der Waals surface area contributed by atoms with Gasteiger partial charge >= 0.3 is 0 Å². The van der Waals surface area contributed by atoms with Crippen LogP contribution in [0.2, 0.25) is 0 Å². The van der Waals surface area contributed by atoms with Gasteiger partial charge in [-0.15, -0.1) is 0 Å². The monoisotopic (exact) mass is 189 g/mol. The van der Waals surface area contributed by atoms with Crippen LogP contribution >= 0.6 is 0 Å². The van der Waals surface area contributed by atoms with Crippen LogP contribution in [-0.2, 0) is 0 Å². The van der Waals surface area contributed by atoms with E-state index in [2.05, 4.69) is 11.4 Å². The highest BCUT2D eigenvalue weighted by Gasteiger charge is 2.13. The van der Waals surface area contributed by atoms with Crippen LogP contribution in [0.1, 0.15) is 19.4 Å². The van der Waals surface area contributed by atoms with Crippen LogP contribution in [-0.4, -0.2) is 12.1 Å². The Morgan fingerprint density at radius 1 is 1.36 bits per heavy atom. The second kappa shape index (κ2) is 4.12. The van der Waals surface area contributed by atoms with Gasteiger partial charge in [-0.25, -0.2) is 0 Å². The average molecular weight is 189 g/mol. The number of nitrogens with zero attached hydrogens (tertiary/aromatic N) is 1. The molecule has 0 fully saturated rings. The summed E-state index contributed by atoms with van der Waals surface area (Å²) < 4.78 is 0. The number of hydrogen-bond acceptors (Lipinski definition) is 3. The number of hydrogen-bond donors (Lipinski definition) is 2. The maximum absolute atomic E-state index is 8.62. The molecule has 3 N–H and O–H groups in total. The number of rotatable bonds is 3. The lowest BCUT2D eigenvalue weighted by molar-refractivity contribution is 0.580. The van der Waals surface area contributed by atoms with Gasteiger partial charge in [-0.1, -0.05) is 0 Å². The van der Waals surface area contributed by atoms with Crippen molar-refractivity contribution in [3.05, 3.63) is 29.8 Å². The van der Waals surface area contributed by atoms with E-state index in [-0.39, 0.29) is 5.54 Å². The smallest absolute Gasteiger partial charge is 0.0991 e. The molecule has 0 bridgehead atoms. The highest BCUT2D eigenvalue weighted by Crippen LogP contribution is 2.14. The van der Waals surface area contributed by atoms with E-state index in [0.717, 1.165) is 5.69 Å². The summed E-state index contributed by atoms with van der Waals surface area (Å²) in [4.78, 5) is 0. The molecule has 0 aliphatic carbocycles. The quantitative estimate of drug-likeness (QED) is 0.760. The van der Waals surface area contributed by atoms with Crippen LogP contribution in [0.25, 0.3) is 0 Å². The molecular weight excluding hydrogens is 174 g/mol. The summed E-state index contributed by atoms with van der Waals surface area (Å²) in [6.07, 6.45) is 0. The first kappa shape index (κ1) is 10.6. The molecule has 3 heteroatoms. The van der Waals surface area contributed by atoms with Crippen molar-refractivity contribution in [1.29, 1.82) is 5.26 Å². The topological polar surface area (TPSA) is 61.8 Å². The standard InChI is InChI=1S/C11H15N3/c1-11(2,8-13)14-10-5-3-9(7-12)4-6-10/h3-6,14H,8,13H2,1-2H3. The molecule has 0 spiro atoms. The Morgan fingerprint density at radius 3 is 2.36 bits per heavy atom. The van der Waals surface area contributed by atoms with E-state index in [1.54, 1.807) is 12.1 Å². The second-order valence-electron chi connectivity index (χ2n) is 3.90. The van der Waals surface area contributed by atoms with Gasteiger partial charge in [0, 0.05) is 17.8 Å². The van der Waals surface area contributed by atoms with Crippen LogP contribution in [0, 0.1) is 11.3 Å². The van der Waals surface area contributed by atoms with Crippen molar-refractivity contribution in [1.82, 2.24) is 0 Å². The molecule has 0 aliphatic heterocycles. The predicted molar refractivity (Wildman–Crippen MR) is 57.9 cm³/mol. The SMILES string of the molecule is CC(C)(CN)Nc1ccc(C#N)cc1. The van der Waals surface area contributed by atoms with E-state index in [9.17, 15) is 0 Å². The lowest BCUT2D eigenvalue weighted by Crippen LogP contribution is -2.39. The fraction of sp³-hybridized carbons (Fsp3) is 0.364. The first-order valence-electron chi connectivity index (χ1n) is 4.56. The largest absolute Gasteiger partial charge is 0.379 e.